The third-order valence-electron chi connectivity index (χ3n) is 0.970. The summed E-state index contributed by atoms with van der Waals surface area (Å²) >= 11 is 0. The van der Waals surface area contributed by atoms with Crippen LogP contribution in [0.1, 0.15) is 0 Å². The van der Waals surface area contributed by atoms with Gasteiger partial charge in [0.25, 0.3) is 0 Å². The first-order valence-electron chi connectivity index (χ1n) is 2.60. The van der Waals surface area contributed by atoms with E-state index in [0.717, 1.165) is 0 Å². The van der Waals surface area contributed by atoms with Crippen LogP contribution in [-0.2, 0) is 0 Å². The van der Waals surface area contributed by atoms with E-state index < -0.39 is 21.4 Å². The van der Waals surface area contributed by atoms with Crippen molar-refractivity contribution in [2.75, 3.05) is 0 Å². The zero-order valence-electron chi connectivity index (χ0n) is 5.45. The topological polar surface area (TPSA) is 125 Å². The lowest BCUT2D eigenvalue weighted by atomic mass is 10.5. The molecule has 0 atom stereocenters. The summed E-state index contributed by atoms with van der Waals surface area (Å²) in [7, 11) is 0. The van der Waals surface area contributed by atoms with Gasteiger partial charge in [0.05, 0.1) is 10.1 Å². The van der Waals surface area contributed by atoms with Crippen LogP contribution in [0.4, 0.5) is 11.5 Å². The first-order valence-corrected chi connectivity index (χ1v) is 2.60. The van der Waals surface area contributed by atoms with Gasteiger partial charge in [-0.05, 0) is 4.92 Å². The van der Waals surface area contributed by atoms with Gasteiger partial charge in [-0.1, -0.05) is 0 Å². The van der Waals surface area contributed by atoms with Gasteiger partial charge in [-0.3, -0.25) is 10.1 Å². The standard InChI is InChI=1S/C3HN5O4/c9-7(10)2-1-4-6-5-3(2)8(11)12/h1H. The molecule has 1 rings (SSSR count). The van der Waals surface area contributed by atoms with E-state index in [1.807, 2.05) is 0 Å². The number of aromatic nitrogens is 3. The Balaban J connectivity index is 3.27. The van der Waals surface area contributed by atoms with Gasteiger partial charge in [-0.15, -0.1) is 5.10 Å². The van der Waals surface area contributed by atoms with Crippen LogP contribution in [0.3, 0.4) is 0 Å². The van der Waals surface area contributed by atoms with Crippen molar-refractivity contribution >= 4 is 11.5 Å². The number of hydrogen-bond donors (Lipinski definition) is 0. The SMILES string of the molecule is O=[N+]([O-])c1cnnnc1[N+](=O)[O-]. The minimum Gasteiger partial charge on any atom is -0.358 e. The number of nitro groups is 2. The highest BCUT2D eigenvalue weighted by Gasteiger charge is 2.26. The third kappa shape index (κ3) is 1.28. The van der Waals surface area contributed by atoms with Crippen molar-refractivity contribution in [3.05, 3.63) is 26.4 Å². The van der Waals surface area contributed by atoms with Gasteiger partial charge in [-0.2, -0.15) is 0 Å². The average molecular weight is 171 g/mol. The van der Waals surface area contributed by atoms with Crippen molar-refractivity contribution < 1.29 is 9.85 Å². The molecule has 1 heterocycles. The summed E-state index contributed by atoms with van der Waals surface area (Å²) in [6.07, 6.45) is 0.672. The largest absolute Gasteiger partial charge is 0.471 e. The number of nitrogens with zero attached hydrogens (tertiary/aromatic N) is 5. The zero-order chi connectivity index (χ0) is 9.14. The molecule has 0 fully saturated rings. The molecule has 0 spiro atoms. The Morgan fingerprint density at radius 2 is 1.92 bits per heavy atom. The van der Waals surface area contributed by atoms with Crippen LogP contribution in [0, 0.1) is 20.2 Å². The Morgan fingerprint density at radius 1 is 1.25 bits per heavy atom. The van der Waals surface area contributed by atoms with Crippen molar-refractivity contribution in [2.24, 2.45) is 0 Å². The van der Waals surface area contributed by atoms with Gasteiger partial charge < -0.3 is 10.1 Å². The lowest BCUT2D eigenvalue weighted by Gasteiger charge is -1.89. The smallest absolute Gasteiger partial charge is 0.358 e. The molecule has 9 nitrogen and oxygen atoms in total. The maximum Gasteiger partial charge on any atom is 0.471 e. The maximum atomic E-state index is 10.1. The molecule has 1 aromatic rings. The molecule has 0 aliphatic rings. The molecular formula is C3HN5O4. The van der Waals surface area contributed by atoms with Crippen molar-refractivity contribution in [2.45, 2.75) is 0 Å². The molecule has 1 aromatic heterocycles. The fourth-order valence-corrected chi connectivity index (χ4v) is 0.516. The van der Waals surface area contributed by atoms with Gasteiger partial charge in [0.1, 0.15) is 11.3 Å². The second-order valence-corrected chi connectivity index (χ2v) is 1.66. The second-order valence-electron chi connectivity index (χ2n) is 1.66. The number of hydrogen-bond acceptors (Lipinski definition) is 7. The molecule has 0 amide bonds. The lowest BCUT2D eigenvalue weighted by Crippen LogP contribution is -2.01. The quantitative estimate of drug-likeness (QED) is 0.441. The normalized spacial score (nSPS) is 9.33. The lowest BCUT2D eigenvalue weighted by molar-refractivity contribution is -0.426. The molecule has 9 heteroatoms. The van der Waals surface area contributed by atoms with E-state index in [1.165, 1.54) is 0 Å². The average Bonchev–Trinajstić information content (AvgIpc) is 2.04. The molecule has 0 aliphatic carbocycles. The third-order valence-corrected chi connectivity index (χ3v) is 0.970. The highest BCUT2D eigenvalue weighted by Crippen LogP contribution is 2.19. The summed E-state index contributed by atoms with van der Waals surface area (Å²) < 4.78 is 0. The molecule has 62 valence electrons. The first-order chi connectivity index (χ1) is 5.63. The zero-order valence-corrected chi connectivity index (χ0v) is 5.45. The van der Waals surface area contributed by atoms with Crippen LogP contribution in [0.5, 0.6) is 0 Å². The molecule has 0 saturated carbocycles. The predicted octanol–water partition coefficient (Wildman–Crippen LogP) is -0.312. The summed E-state index contributed by atoms with van der Waals surface area (Å²) in [4.78, 5) is 18.3. The van der Waals surface area contributed by atoms with Crippen LogP contribution in [0.2, 0.25) is 0 Å². The molecule has 0 N–H and O–H groups in total. The van der Waals surface area contributed by atoms with Gasteiger partial charge in [0, 0.05) is 0 Å². The minimum atomic E-state index is -0.993. The van der Waals surface area contributed by atoms with Crippen LogP contribution in [0.25, 0.3) is 0 Å². The van der Waals surface area contributed by atoms with E-state index in [-0.39, 0.29) is 0 Å². The van der Waals surface area contributed by atoms with Gasteiger partial charge in [0.15, 0.2) is 0 Å². The second kappa shape index (κ2) is 2.82. The van der Waals surface area contributed by atoms with Crippen molar-refractivity contribution in [3.63, 3.8) is 0 Å². The molecule has 0 aromatic carbocycles. The molecule has 0 radical (unpaired) electrons. The van der Waals surface area contributed by atoms with E-state index in [0.29, 0.717) is 6.20 Å². The van der Waals surface area contributed by atoms with Gasteiger partial charge in [0.2, 0.25) is 0 Å². The highest BCUT2D eigenvalue weighted by molar-refractivity contribution is 5.42. The molecule has 12 heavy (non-hydrogen) atoms. The fraction of sp³-hybridized carbons (Fsp3) is 0. The molecule has 0 unspecified atom stereocenters. The Hall–Kier alpha value is -2.19. The van der Waals surface area contributed by atoms with Crippen molar-refractivity contribution in [1.82, 2.24) is 15.4 Å². The van der Waals surface area contributed by atoms with Crippen LogP contribution >= 0.6 is 0 Å². The predicted molar refractivity (Wildman–Crippen MR) is 33.1 cm³/mol. The van der Waals surface area contributed by atoms with E-state index in [2.05, 4.69) is 15.4 Å². The molecular weight excluding hydrogens is 170 g/mol. The first kappa shape index (κ1) is 7.91. The Bertz CT molecular complexity index is 304. The maximum absolute atomic E-state index is 10.1. The minimum absolute atomic E-state index is 0.672. The van der Waals surface area contributed by atoms with Crippen LogP contribution in [-0.4, -0.2) is 25.3 Å². The molecule has 0 bridgehead atoms. The van der Waals surface area contributed by atoms with E-state index in [9.17, 15) is 20.2 Å². The van der Waals surface area contributed by atoms with E-state index in [1.54, 1.807) is 0 Å². The molecule has 0 aliphatic heterocycles. The van der Waals surface area contributed by atoms with Crippen molar-refractivity contribution in [1.29, 1.82) is 0 Å². The summed E-state index contributed by atoms with van der Waals surface area (Å²) in [6, 6.07) is 0. The summed E-state index contributed by atoms with van der Waals surface area (Å²) in [6.45, 7) is 0. The van der Waals surface area contributed by atoms with Crippen LogP contribution < -0.4 is 0 Å². The van der Waals surface area contributed by atoms with E-state index >= 15 is 0 Å². The van der Waals surface area contributed by atoms with Gasteiger partial charge >= 0.3 is 11.5 Å². The van der Waals surface area contributed by atoms with Crippen LogP contribution in [0.15, 0.2) is 6.20 Å². The summed E-state index contributed by atoms with van der Waals surface area (Å²) in [5, 5.41) is 29.1. The Morgan fingerprint density at radius 3 is 2.33 bits per heavy atom. The Kier molecular flexibility index (Phi) is 1.86. The van der Waals surface area contributed by atoms with Crippen molar-refractivity contribution in [3.8, 4) is 0 Å². The van der Waals surface area contributed by atoms with Gasteiger partial charge in [-0.25, -0.2) is 0 Å². The fourth-order valence-electron chi connectivity index (χ4n) is 0.516. The highest BCUT2D eigenvalue weighted by atomic mass is 16.6. The number of rotatable bonds is 2. The summed E-state index contributed by atoms with van der Waals surface area (Å²) in [5.41, 5.74) is -0.769. The Labute approximate surface area is 64.3 Å². The van der Waals surface area contributed by atoms with E-state index in [4.69, 9.17) is 0 Å². The summed E-state index contributed by atoms with van der Waals surface area (Å²) in [5.74, 6) is -0.907. The molecule has 0 saturated heterocycles. The monoisotopic (exact) mass is 171 g/mol.